The van der Waals surface area contributed by atoms with Gasteiger partial charge in [-0.1, -0.05) is 67.1 Å². The van der Waals surface area contributed by atoms with E-state index in [0.717, 1.165) is 18.4 Å². The molecule has 0 aromatic heterocycles. The lowest BCUT2D eigenvalue weighted by atomic mass is 10.1. The Bertz CT molecular complexity index is 1230. The first kappa shape index (κ1) is 29.2. The number of ether oxygens (including phenoxy) is 3. The summed E-state index contributed by atoms with van der Waals surface area (Å²) in [6, 6.07) is 24.1. The molecular weight excluding hydrogens is 506 g/mol. The molecule has 8 nitrogen and oxygen atoms in total. The molecule has 2 N–H and O–H groups in total. The first-order valence-corrected chi connectivity index (χ1v) is 14.1. The summed E-state index contributed by atoms with van der Waals surface area (Å²) in [4.78, 5) is 12.0. The van der Waals surface area contributed by atoms with Gasteiger partial charge < -0.3 is 14.2 Å². The molecule has 0 saturated heterocycles. The lowest BCUT2D eigenvalue weighted by Gasteiger charge is -2.18. The van der Waals surface area contributed by atoms with Gasteiger partial charge in [-0.05, 0) is 42.5 Å². The second-order valence-electron chi connectivity index (χ2n) is 8.84. The third-order valence-electron chi connectivity index (χ3n) is 6.12. The summed E-state index contributed by atoms with van der Waals surface area (Å²) in [5.41, 5.74) is 3.77. The van der Waals surface area contributed by atoms with E-state index < -0.39 is 21.0 Å². The maximum absolute atomic E-state index is 13.6. The number of amides is 1. The molecular formula is C29H35NO7S. The number of sulfone groups is 1. The zero-order chi connectivity index (χ0) is 27.2. The monoisotopic (exact) mass is 541 g/mol. The Labute approximate surface area is 224 Å². The van der Waals surface area contributed by atoms with Gasteiger partial charge in [-0.3, -0.25) is 10.0 Å². The number of carbonyl (C=O) groups excluding carboxylic acids is 1. The summed E-state index contributed by atoms with van der Waals surface area (Å²) in [5.74, 6) is -0.0898. The fourth-order valence-corrected chi connectivity index (χ4v) is 5.84. The van der Waals surface area contributed by atoms with Crippen LogP contribution in [0.25, 0.3) is 0 Å². The number of hydroxylamine groups is 1. The molecule has 1 atom stereocenters. The second kappa shape index (κ2) is 15.1. The summed E-state index contributed by atoms with van der Waals surface area (Å²) in [5, 5.41) is 8.02. The SMILES string of the molecule is COc1ccc(S(=O)(=O)C(CCCCc2ccccc2)CC(=O)NO)cc1OCCOCc1ccccc1. The van der Waals surface area contributed by atoms with Crippen molar-refractivity contribution in [3.63, 3.8) is 0 Å². The van der Waals surface area contributed by atoms with Gasteiger partial charge in [0.1, 0.15) is 6.61 Å². The van der Waals surface area contributed by atoms with Crippen molar-refractivity contribution in [1.82, 2.24) is 5.48 Å². The van der Waals surface area contributed by atoms with Gasteiger partial charge in [0, 0.05) is 12.5 Å². The first-order valence-electron chi connectivity index (χ1n) is 12.6. The van der Waals surface area contributed by atoms with Crippen molar-refractivity contribution in [3.8, 4) is 11.5 Å². The lowest BCUT2D eigenvalue weighted by molar-refractivity contribution is -0.129. The summed E-state index contributed by atoms with van der Waals surface area (Å²) in [7, 11) is -2.43. The van der Waals surface area contributed by atoms with E-state index >= 15 is 0 Å². The fourth-order valence-electron chi connectivity index (χ4n) is 4.08. The summed E-state index contributed by atoms with van der Waals surface area (Å²) in [6.07, 6.45) is 2.12. The Hall–Kier alpha value is -3.40. The number of carbonyl (C=O) groups is 1. The van der Waals surface area contributed by atoms with Gasteiger partial charge in [0.05, 0.1) is 30.5 Å². The molecule has 204 valence electrons. The van der Waals surface area contributed by atoms with E-state index in [-0.39, 0.29) is 30.1 Å². The van der Waals surface area contributed by atoms with Crippen LogP contribution in [-0.4, -0.2) is 45.1 Å². The van der Waals surface area contributed by atoms with E-state index in [9.17, 15) is 13.2 Å². The van der Waals surface area contributed by atoms with Crippen LogP contribution in [-0.2, 0) is 32.4 Å². The van der Waals surface area contributed by atoms with Gasteiger partial charge in [0.25, 0.3) is 0 Å². The van der Waals surface area contributed by atoms with Crippen molar-refractivity contribution in [3.05, 3.63) is 90.0 Å². The molecule has 9 heteroatoms. The molecule has 0 aliphatic carbocycles. The molecule has 0 heterocycles. The molecule has 0 bridgehead atoms. The van der Waals surface area contributed by atoms with Crippen LogP contribution in [0.2, 0.25) is 0 Å². The number of hydrogen-bond donors (Lipinski definition) is 2. The highest BCUT2D eigenvalue weighted by Crippen LogP contribution is 2.32. The Morgan fingerprint density at radius 3 is 2.24 bits per heavy atom. The zero-order valence-electron chi connectivity index (χ0n) is 21.5. The minimum absolute atomic E-state index is 0.0253. The fraction of sp³-hybridized carbons (Fsp3) is 0.345. The summed E-state index contributed by atoms with van der Waals surface area (Å²) >= 11 is 0. The van der Waals surface area contributed by atoms with E-state index in [2.05, 4.69) is 0 Å². The highest BCUT2D eigenvalue weighted by atomic mass is 32.2. The largest absolute Gasteiger partial charge is 0.493 e. The topological polar surface area (TPSA) is 111 Å². The average Bonchev–Trinajstić information content (AvgIpc) is 2.95. The van der Waals surface area contributed by atoms with Crippen molar-refractivity contribution in [2.45, 2.75) is 48.9 Å². The predicted molar refractivity (Wildman–Crippen MR) is 144 cm³/mol. The molecule has 3 rings (SSSR count). The third-order valence-corrected chi connectivity index (χ3v) is 8.31. The van der Waals surface area contributed by atoms with E-state index in [0.29, 0.717) is 25.4 Å². The van der Waals surface area contributed by atoms with Crippen molar-refractivity contribution < 1.29 is 32.6 Å². The quantitative estimate of drug-likeness (QED) is 0.153. The number of unbranched alkanes of at least 4 members (excludes halogenated alkanes) is 1. The van der Waals surface area contributed by atoms with Crippen LogP contribution in [0.3, 0.4) is 0 Å². The third kappa shape index (κ3) is 8.86. The van der Waals surface area contributed by atoms with Crippen LogP contribution in [0, 0.1) is 0 Å². The first-order chi connectivity index (χ1) is 18.4. The standard InChI is InChI=1S/C29H35NO7S/c1-35-27-17-16-26(20-28(27)37-19-18-36-22-24-13-6-3-7-14-24)38(33,34)25(21-29(31)30-32)15-9-8-12-23-10-4-2-5-11-23/h2-7,10-11,13-14,16-17,20,25,32H,8-9,12,15,18-19,21-22H2,1H3,(H,30,31). The van der Waals surface area contributed by atoms with Crippen LogP contribution in [0.5, 0.6) is 11.5 Å². The number of nitrogens with one attached hydrogen (secondary N) is 1. The molecule has 38 heavy (non-hydrogen) atoms. The van der Waals surface area contributed by atoms with Crippen molar-refractivity contribution in [1.29, 1.82) is 0 Å². The van der Waals surface area contributed by atoms with Crippen LogP contribution in [0.4, 0.5) is 0 Å². The van der Waals surface area contributed by atoms with E-state index in [1.54, 1.807) is 5.48 Å². The molecule has 3 aromatic rings. The molecule has 0 aliphatic heterocycles. The lowest BCUT2D eigenvalue weighted by Crippen LogP contribution is -2.30. The molecule has 0 radical (unpaired) electrons. The van der Waals surface area contributed by atoms with E-state index in [4.69, 9.17) is 19.4 Å². The molecule has 1 unspecified atom stereocenters. The van der Waals surface area contributed by atoms with Gasteiger partial charge in [0.2, 0.25) is 5.91 Å². The highest BCUT2D eigenvalue weighted by molar-refractivity contribution is 7.92. The number of rotatable bonds is 16. The maximum atomic E-state index is 13.6. The second-order valence-corrected chi connectivity index (χ2v) is 11.1. The zero-order valence-corrected chi connectivity index (χ0v) is 22.4. The minimum Gasteiger partial charge on any atom is -0.493 e. The minimum atomic E-state index is -3.91. The Balaban J connectivity index is 1.65. The Morgan fingerprint density at radius 2 is 1.58 bits per heavy atom. The molecule has 3 aromatic carbocycles. The average molecular weight is 542 g/mol. The number of benzene rings is 3. The van der Waals surface area contributed by atoms with Crippen LogP contribution in [0.1, 0.15) is 36.8 Å². The molecule has 0 fully saturated rings. The van der Waals surface area contributed by atoms with Gasteiger partial charge >= 0.3 is 0 Å². The summed E-state index contributed by atoms with van der Waals surface area (Å²) < 4.78 is 43.9. The van der Waals surface area contributed by atoms with E-state index in [1.807, 2.05) is 60.7 Å². The normalized spacial score (nSPS) is 12.1. The molecule has 0 saturated carbocycles. The molecule has 1 amide bonds. The maximum Gasteiger partial charge on any atom is 0.244 e. The van der Waals surface area contributed by atoms with Gasteiger partial charge in [-0.15, -0.1) is 0 Å². The van der Waals surface area contributed by atoms with Crippen molar-refractivity contribution >= 4 is 15.7 Å². The van der Waals surface area contributed by atoms with Crippen LogP contribution < -0.4 is 15.0 Å². The number of hydrogen-bond acceptors (Lipinski definition) is 7. The van der Waals surface area contributed by atoms with Gasteiger partial charge in [0.15, 0.2) is 21.3 Å². The highest BCUT2D eigenvalue weighted by Gasteiger charge is 2.30. The van der Waals surface area contributed by atoms with Crippen molar-refractivity contribution in [2.75, 3.05) is 20.3 Å². The summed E-state index contributed by atoms with van der Waals surface area (Å²) in [6.45, 7) is 0.937. The van der Waals surface area contributed by atoms with Crippen LogP contribution in [0.15, 0.2) is 83.8 Å². The molecule has 0 aliphatic rings. The number of aryl methyl sites for hydroxylation is 1. The van der Waals surface area contributed by atoms with Crippen LogP contribution >= 0.6 is 0 Å². The Morgan fingerprint density at radius 1 is 0.895 bits per heavy atom. The van der Waals surface area contributed by atoms with Crippen molar-refractivity contribution in [2.24, 2.45) is 0 Å². The van der Waals surface area contributed by atoms with Gasteiger partial charge in [-0.2, -0.15) is 0 Å². The Kier molecular flexibility index (Phi) is 11.6. The molecule has 0 spiro atoms. The van der Waals surface area contributed by atoms with Gasteiger partial charge in [-0.25, -0.2) is 13.9 Å². The van der Waals surface area contributed by atoms with E-state index in [1.165, 1.54) is 30.9 Å². The smallest absolute Gasteiger partial charge is 0.244 e. The predicted octanol–water partition coefficient (Wildman–Crippen LogP) is 4.74. The number of methoxy groups -OCH3 is 1.